The number of hydrogen-bond donors (Lipinski definition) is 2. The zero-order chi connectivity index (χ0) is 17.6. The Balaban J connectivity index is 1.87. The standard InChI is InChI=1S/C20H22N2O3/c1-3-11-10-21-16-8-14-12-6-4-5-7-15(12)22-19(14)17(23)9-13(11)18(16)20(24)25-2/h3-7,13,16,18,21-22H,8-10H2,1-2H3/b11-3+. The molecule has 1 aliphatic heterocycles. The van der Waals surface area contributed by atoms with Crippen LogP contribution in [0.15, 0.2) is 35.9 Å². The number of aromatic amines is 1. The molecule has 1 aromatic carbocycles. The zero-order valence-corrected chi connectivity index (χ0v) is 14.5. The SMILES string of the molecule is C/C=C1\CNC2Cc3c([nH]c4ccccc34)C(=O)CC1C2C(=O)OC. The summed E-state index contributed by atoms with van der Waals surface area (Å²) >= 11 is 0. The van der Waals surface area contributed by atoms with Crippen molar-refractivity contribution in [3.8, 4) is 0 Å². The van der Waals surface area contributed by atoms with E-state index in [1.807, 2.05) is 37.3 Å². The lowest BCUT2D eigenvalue weighted by Gasteiger charge is -2.40. The summed E-state index contributed by atoms with van der Waals surface area (Å²) in [7, 11) is 1.42. The number of methoxy groups -OCH3 is 1. The van der Waals surface area contributed by atoms with E-state index in [1.165, 1.54) is 7.11 Å². The molecule has 2 aromatic rings. The first-order chi connectivity index (χ1) is 12.1. The van der Waals surface area contributed by atoms with Gasteiger partial charge in [0.1, 0.15) is 0 Å². The Morgan fingerprint density at radius 2 is 2.08 bits per heavy atom. The summed E-state index contributed by atoms with van der Waals surface area (Å²) in [6.45, 7) is 2.67. The van der Waals surface area contributed by atoms with Crippen molar-refractivity contribution in [1.29, 1.82) is 0 Å². The Bertz CT molecular complexity index is 880. The monoisotopic (exact) mass is 338 g/mol. The van der Waals surface area contributed by atoms with Crippen LogP contribution in [0.5, 0.6) is 0 Å². The van der Waals surface area contributed by atoms with E-state index in [-0.39, 0.29) is 29.6 Å². The molecule has 25 heavy (non-hydrogen) atoms. The van der Waals surface area contributed by atoms with Crippen LogP contribution in [0.1, 0.15) is 29.4 Å². The Kier molecular flexibility index (Phi) is 3.96. The van der Waals surface area contributed by atoms with Gasteiger partial charge in [-0.05, 0) is 25.0 Å². The molecule has 0 saturated carbocycles. The summed E-state index contributed by atoms with van der Waals surface area (Å²) in [6.07, 6.45) is 2.99. The normalized spacial score (nSPS) is 27.7. The first-order valence-corrected chi connectivity index (χ1v) is 8.73. The number of H-pyrrole nitrogens is 1. The number of ether oxygens (including phenoxy) is 1. The summed E-state index contributed by atoms with van der Waals surface area (Å²) in [5.74, 6) is -0.603. The molecule has 3 unspecified atom stereocenters. The number of hydrogen-bond acceptors (Lipinski definition) is 4. The molecule has 1 aromatic heterocycles. The number of Topliss-reactive ketones (excluding diaryl/α,β-unsaturated/α-hetero) is 1. The van der Waals surface area contributed by atoms with E-state index in [4.69, 9.17) is 4.74 Å². The Hall–Kier alpha value is -2.40. The average Bonchev–Trinajstić information content (AvgIpc) is 2.99. The van der Waals surface area contributed by atoms with E-state index in [9.17, 15) is 9.59 Å². The third kappa shape index (κ3) is 2.50. The minimum absolute atomic E-state index is 0.0350. The maximum atomic E-state index is 13.0. The molecule has 5 nitrogen and oxygen atoms in total. The lowest BCUT2D eigenvalue weighted by Crippen LogP contribution is -2.53. The fraction of sp³-hybridized carbons (Fsp3) is 0.400. The van der Waals surface area contributed by atoms with Crippen LogP contribution in [0.2, 0.25) is 0 Å². The second-order valence-corrected chi connectivity index (χ2v) is 6.86. The van der Waals surface area contributed by atoms with Crippen LogP contribution in [0.3, 0.4) is 0 Å². The van der Waals surface area contributed by atoms with Crippen LogP contribution in [-0.2, 0) is 16.0 Å². The van der Waals surface area contributed by atoms with Crippen LogP contribution < -0.4 is 5.32 Å². The van der Waals surface area contributed by atoms with Gasteiger partial charge in [0.05, 0.1) is 18.7 Å². The predicted octanol–water partition coefficient (Wildman–Crippen LogP) is 2.62. The summed E-state index contributed by atoms with van der Waals surface area (Å²) < 4.78 is 5.08. The van der Waals surface area contributed by atoms with E-state index in [2.05, 4.69) is 10.3 Å². The van der Waals surface area contributed by atoms with E-state index in [0.717, 1.165) is 22.0 Å². The first kappa shape index (κ1) is 16.1. The summed E-state index contributed by atoms with van der Waals surface area (Å²) in [5, 5.41) is 4.56. The number of ketones is 1. The van der Waals surface area contributed by atoms with Gasteiger partial charge in [0, 0.05) is 35.8 Å². The summed E-state index contributed by atoms with van der Waals surface area (Å²) in [5.41, 5.74) is 3.78. The molecular formula is C20H22N2O3. The number of fused-ring (bicyclic) bond motifs is 5. The second-order valence-electron chi connectivity index (χ2n) is 6.86. The molecule has 1 saturated heterocycles. The van der Waals surface area contributed by atoms with Gasteiger partial charge in [-0.3, -0.25) is 9.59 Å². The van der Waals surface area contributed by atoms with Crippen molar-refractivity contribution in [1.82, 2.24) is 10.3 Å². The van der Waals surface area contributed by atoms with E-state index in [1.54, 1.807) is 0 Å². The maximum absolute atomic E-state index is 13.0. The Morgan fingerprint density at radius 1 is 1.28 bits per heavy atom. The van der Waals surface area contributed by atoms with Crippen molar-refractivity contribution in [3.63, 3.8) is 0 Å². The third-order valence-corrected chi connectivity index (χ3v) is 5.68. The van der Waals surface area contributed by atoms with Gasteiger partial charge in [0.2, 0.25) is 0 Å². The van der Waals surface area contributed by atoms with Crippen LogP contribution in [0, 0.1) is 11.8 Å². The average molecular weight is 338 g/mol. The van der Waals surface area contributed by atoms with Gasteiger partial charge < -0.3 is 15.0 Å². The van der Waals surface area contributed by atoms with E-state index in [0.29, 0.717) is 25.1 Å². The molecular weight excluding hydrogens is 316 g/mol. The van der Waals surface area contributed by atoms with E-state index < -0.39 is 0 Å². The Labute approximate surface area is 146 Å². The first-order valence-electron chi connectivity index (χ1n) is 8.73. The summed E-state index contributed by atoms with van der Waals surface area (Å²) in [6, 6.07) is 7.92. The molecule has 2 heterocycles. The largest absolute Gasteiger partial charge is 0.469 e. The second kappa shape index (κ2) is 6.15. The number of rotatable bonds is 1. The highest BCUT2D eigenvalue weighted by Crippen LogP contribution is 2.38. The van der Waals surface area contributed by atoms with Crippen LogP contribution in [0.4, 0.5) is 0 Å². The molecule has 2 aliphatic rings. The highest BCUT2D eigenvalue weighted by molar-refractivity contribution is 6.03. The minimum atomic E-state index is -0.337. The number of nitrogens with one attached hydrogen (secondary N) is 2. The van der Waals surface area contributed by atoms with Crippen molar-refractivity contribution >= 4 is 22.7 Å². The van der Waals surface area contributed by atoms with Crippen molar-refractivity contribution in [2.45, 2.75) is 25.8 Å². The van der Waals surface area contributed by atoms with Gasteiger partial charge in [-0.25, -0.2) is 0 Å². The van der Waals surface area contributed by atoms with Crippen LogP contribution >= 0.6 is 0 Å². The lowest BCUT2D eigenvalue weighted by molar-refractivity contribution is -0.148. The van der Waals surface area contributed by atoms with Gasteiger partial charge in [0.15, 0.2) is 5.78 Å². The van der Waals surface area contributed by atoms with Gasteiger partial charge >= 0.3 is 5.97 Å². The molecule has 130 valence electrons. The molecule has 1 aliphatic carbocycles. The van der Waals surface area contributed by atoms with Gasteiger partial charge in [-0.15, -0.1) is 0 Å². The van der Waals surface area contributed by atoms with E-state index >= 15 is 0 Å². The molecule has 2 N–H and O–H groups in total. The smallest absolute Gasteiger partial charge is 0.310 e. The zero-order valence-electron chi connectivity index (χ0n) is 14.5. The molecule has 0 amide bonds. The van der Waals surface area contributed by atoms with Crippen LogP contribution in [-0.4, -0.2) is 36.4 Å². The summed E-state index contributed by atoms with van der Waals surface area (Å²) in [4.78, 5) is 28.8. The molecule has 4 rings (SSSR count). The third-order valence-electron chi connectivity index (χ3n) is 5.68. The molecule has 5 heteroatoms. The number of allylic oxidation sites excluding steroid dienone is 1. The molecule has 0 radical (unpaired) electrons. The maximum Gasteiger partial charge on any atom is 0.310 e. The number of carbonyl (C=O) groups excluding carboxylic acids is 2. The van der Waals surface area contributed by atoms with Crippen molar-refractivity contribution in [2.24, 2.45) is 11.8 Å². The van der Waals surface area contributed by atoms with Crippen molar-refractivity contribution in [3.05, 3.63) is 47.2 Å². The van der Waals surface area contributed by atoms with Crippen LogP contribution in [0.25, 0.3) is 10.9 Å². The highest BCUT2D eigenvalue weighted by Gasteiger charge is 2.44. The highest BCUT2D eigenvalue weighted by atomic mass is 16.5. The minimum Gasteiger partial charge on any atom is -0.469 e. The van der Waals surface area contributed by atoms with Gasteiger partial charge in [-0.2, -0.15) is 0 Å². The fourth-order valence-corrected chi connectivity index (χ4v) is 4.43. The van der Waals surface area contributed by atoms with Crippen molar-refractivity contribution in [2.75, 3.05) is 13.7 Å². The quantitative estimate of drug-likeness (QED) is 0.619. The number of piperidine rings is 1. The number of carbonyl (C=O) groups is 2. The topological polar surface area (TPSA) is 71.2 Å². The number of aromatic nitrogens is 1. The molecule has 2 bridgehead atoms. The number of benzene rings is 1. The predicted molar refractivity (Wildman–Crippen MR) is 95.5 cm³/mol. The number of esters is 1. The van der Waals surface area contributed by atoms with Gasteiger partial charge in [0.25, 0.3) is 0 Å². The van der Waals surface area contributed by atoms with Crippen molar-refractivity contribution < 1.29 is 14.3 Å². The molecule has 1 fully saturated rings. The number of para-hydroxylation sites is 1. The fourth-order valence-electron chi connectivity index (χ4n) is 4.43. The Morgan fingerprint density at radius 3 is 2.84 bits per heavy atom. The molecule has 3 atom stereocenters. The lowest BCUT2D eigenvalue weighted by atomic mass is 9.71. The molecule has 0 spiro atoms. The van der Waals surface area contributed by atoms with Gasteiger partial charge in [-0.1, -0.05) is 29.8 Å².